The number of rotatable bonds is 2. The van der Waals surface area contributed by atoms with E-state index in [1.807, 2.05) is 0 Å². The van der Waals surface area contributed by atoms with Crippen LogP contribution in [0, 0.1) is 19.9 Å². The van der Waals surface area contributed by atoms with Crippen molar-refractivity contribution in [1.29, 1.82) is 0 Å². The van der Waals surface area contributed by atoms with Crippen LogP contribution in [0.2, 0.25) is 0 Å². The van der Waals surface area contributed by atoms with Gasteiger partial charge >= 0.3 is 6.18 Å². The number of ether oxygens (including phenoxy) is 1. The molecule has 77 valence electrons. The van der Waals surface area contributed by atoms with Crippen LogP contribution in [-0.4, -0.2) is 12.8 Å². The van der Waals surface area contributed by atoms with Gasteiger partial charge in [0, 0.05) is 0 Å². The molecule has 1 radical (unpaired) electrons. The number of halogens is 3. The lowest BCUT2D eigenvalue weighted by Gasteiger charge is -2.12. The van der Waals surface area contributed by atoms with Crippen LogP contribution in [0.4, 0.5) is 13.2 Å². The lowest BCUT2D eigenvalue weighted by molar-refractivity contribution is -0.153. The van der Waals surface area contributed by atoms with E-state index in [1.165, 1.54) is 6.07 Å². The molecule has 0 atom stereocenters. The summed E-state index contributed by atoms with van der Waals surface area (Å²) < 4.78 is 40.2. The van der Waals surface area contributed by atoms with Gasteiger partial charge in [-0.1, -0.05) is 6.07 Å². The third kappa shape index (κ3) is 2.94. The van der Waals surface area contributed by atoms with E-state index < -0.39 is 12.8 Å². The van der Waals surface area contributed by atoms with Crippen molar-refractivity contribution in [3.05, 3.63) is 29.3 Å². The van der Waals surface area contributed by atoms with E-state index in [9.17, 15) is 13.2 Å². The topological polar surface area (TPSA) is 9.23 Å². The lowest BCUT2D eigenvalue weighted by Crippen LogP contribution is -2.19. The molecule has 0 bridgehead atoms. The van der Waals surface area contributed by atoms with Crippen LogP contribution in [-0.2, 0) is 0 Å². The van der Waals surface area contributed by atoms with Crippen molar-refractivity contribution in [3.63, 3.8) is 0 Å². The quantitative estimate of drug-likeness (QED) is 0.717. The number of hydrogen-bond acceptors (Lipinski definition) is 1. The molecule has 1 aromatic rings. The summed E-state index contributed by atoms with van der Waals surface area (Å²) in [5, 5.41) is 0. The molecule has 0 heterocycles. The average Bonchev–Trinajstić information content (AvgIpc) is 2.06. The van der Waals surface area contributed by atoms with Crippen molar-refractivity contribution in [2.45, 2.75) is 20.0 Å². The van der Waals surface area contributed by atoms with E-state index in [4.69, 9.17) is 0 Å². The number of hydrogen-bond donors (Lipinski definition) is 0. The molecular formula is C10H10F3O. The van der Waals surface area contributed by atoms with Gasteiger partial charge in [-0.05, 0) is 37.1 Å². The van der Waals surface area contributed by atoms with Crippen LogP contribution in [0.1, 0.15) is 11.1 Å². The van der Waals surface area contributed by atoms with Crippen LogP contribution in [0.3, 0.4) is 0 Å². The van der Waals surface area contributed by atoms with Gasteiger partial charge in [-0.25, -0.2) is 0 Å². The first-order valence-corrected chi connectivity index (χ1v) is 4.07. The molecule has 0 N–H and O–H groups in total. The molecular weight excluding hydrogens is 193 g/mol. The summed E-state index contributed by atoms with van der Waals surface area (Å²) in [4.78, 5) is 0. The molecule has 0 aliphatic heterocycles. The normalized spacial score (nSPS) is 11.5. The zero-order valence-corrected chi connectivity index (χ0v) is 7.90. The van der Waals surface area contributed by atoms with Gasteiger partial charge < -0.3 is 4.74 Å². The van der Waals surface area contributed by atoms with Gasteiger partial charge in [0.05, 0.1) is 0 Å². The van der Waals surface area contributed by atoms with Crippen LogP contribution in [0.25, 0.3) is 0 Å². The molecule has 0 unspecified atom stereocenters. The monoisotopic (exact) mass is 203 g/mol. The molecule has 0 spiro atoms. The molecule has 0 amide bonds. The second-order valence-corrected chi connectivity index (χ2v) is 3.00. The molecule has 14 heavy (non-hydrogen) atoms. The maximum absolute atomic E-state index is 11.8. The standard InChI is InChI=1S/C10H10F3O/c1-7-4-3-5-9(8(7)2)14-6-10(11,12)13/h3,5H,6H2,1-2H3. The summed E-state index contributed by atoms with van der Waals surface area (Å²) in [7, 11) is 0. The SMILES string of the molecule is Cc1[c]ccc(OCC(F)(F)F)c1C. The Morgan fingerprint density at radius 1 is 1.36 bits per heavy atom. The van der Waals surface area contributed by atoms with Crippen LogP contribution in [0.15, 0.2) is 12.1 Å². The minimum Gasteiger partial charge on any atom is -0.484 e. The van der Waals surface area contributed by atoms with Gasteiger partial charge in [0.2, 0.25) is 0 Å². The molecule has 1 rings (SSSR count). The molecule has 0 saturated carbocycles. The second-order valence-electron chi connectivity index (χ2n) is 3.00. The van der Waals surface area contributed by atoms with Gasteiger partial charge in [0.15, 0.2) is 6.61 Å². The van der Waals surface area contributed by atoms with Crippen LogP contribution < -0.4 is 4.74 Å². The molecule has 4 heteroatoms. The van der Waals surface area contributed by atoms with Crippen molar-refractivity contribution in [2.75, 3.05) is 6.61 Å². The van der Waals surface area contributed by atoms with E-state index in [-0.39, 0.29) is 5.75 Å². The van der Waals surface area contributed by atoms with Gasteiger partial charge in [0.25, 0.3) is 0 Å². The maximum Gasteiger partial charge on any atom is 0.422 e. The number of benzene rings is 1. The molecule has 0 aliphatic rings. The van der Waals surface area contributed by atoms with Crippen molar-refractivity contribution >= 4 is 0 Å². The van der Waals surface area contributed by atoms with E-state index in [0.29, 0.717) is 5.56 Å². The number of aryl methyl sites for hydroxylation is 1. The van der Waals surface area contributed by atoms with Crippen LogP contribution >= 0.6 is 0 Å². The van der Waals surface area contributed by atoms with Crippen LogP contribution in [0.5, 0.6) is 5.75 Å². The molecule has 1 nitrogen and oxygen atoms in total. The first kappa shape index (κ1) is 10.9. The summed E-state index contributed by atoms with van der Waals surface area (Å²) in [5.74, 6) is 0.263. The third-order valence-corrected chi connectivity index (χ3v) is 1.86. The van der Waals surface area contributed by atoms with E-state index in [0.717, 1.165) is 5.56 Å². The fraction of sp³-hybridized carbons (Fsp3) is 0.400. The smallest absolute Gasteiger partial charge is 0.422 e. The van der Waals surface area contributed by atoms with Crippen molar-refractivity contribution in [3.8, 4) is 5.75 Å². The zero-order chi connectivity index (χ0) is 10.8. The molecule has 0 saturated heterocycles. The van der Waals surface area contributed by atoms with Gasteiger partial charge in [-0.3, -0.25) is 0 Å². The summed E-state index contributed by atoms with van der Waals surface area (Å²) >= 11 is 0. The minimum atomic E-state index is -4.29. The lowest BCUT2D eigenvalue weighted by atomic mass is 10.1. The average molecular weight is 203 g/mol. The Kier molecular flexibility index (Phi) is 3.03. The molecule has 0 fully saturated rings. The summed E-state index contributed by atoms with van der Waals surface area (Å²) in [6.45, 7) is 2.23. The molecule has 0 aromatic heterocycles. The fourth-order valence-electron chi connectivity index (χ4n) is 0.976. The van der Waals surface area contributed by atoms with Crippen molar-refractivity contribution < 1.29 is 17.9 Å². The van der Waals surface area contributed by atoms with E-state index >= 15 is 0 Å². The predicted molar refractivity (Wildman–Crippen MR) is 46.3 cm³/mol. The van der Waals surface area contributed by atoms with Gasteiger partial charge in [0.1, 0.15) is 5.75 Å². The first-order chi connectivity index (χ1) is 6.40. The Balaban J connectivity index is 2.73. The summed E-state index contributed by atoms with van der Waals surface area (Å²) in [6, 6.07) is 5.91. The Morgan fingerprint density at radius 2 is 2.00 bits per heavy atom. The molecule has 1 aromatic carbocycles. The highest BCUT2D eigenvalue weighted by Crippen LogP contribution is 2.23. The van der Waals surface area contributed by atoms with Crippen molar-refractivity contribution in [1.82, 2.24) is 0 Å². The second kappa shape index (κ2) is 3.90. The Hall–Kier alpha value is -1.19. The van der Waals surface area contributed by atoms with Gasteiger partial charge in [-0.15, -0.1) is 0 Å². The highest BCUT2D eigenvalue weighted by Gasteiger charge is 2.28. The highest BCUT2D eigenvalue weighted by molar-refractivity contribution is 5.37. The fourth-order valence-corrected chi connectivity index (χ4v) is 0.976. The molecule has 0 aliphatic carbocycles. The van der Waals surface area contributed by atoms with E-state index in [2.05, 4.69) is 10.8 Å². The Bertz CT molecular complexity index is 318. The Labute approximate surface area is 80.5 Å². The minimum absolute atomic E-state index is 0.263. The largest absolute Gasteiger partial charge is 0.484 e. The van der Waals surface area contributed by atoms with Crippen molar-refractivity contribution in [2.24, 2.45) is 0 Å². The summed E-state index contributed by atoms with van der Waals surface area (Å²) in [6.07, 6.45) is -4.29. The summed E-state index contributed by atoms with van der Waals surface area (Å²) in [5.41, 5.74) is 1.49. The number of alkyl halides is 3. The Morgan fingerprint density at radius 3 is 2.57 bits per heavy atom. The first-order valence-electron chi connectivity index (χ1n) is 4.07. The maximum atomic E-state index is 11.8. The van der Waals surface area contributed by atoms with Gasteiger partial charge in [-0.2, -0.15) is 13.2 Å². The predicted octanol–water partition coefficient (Wildman–Crippen LogP) is 3.04. The zero-order valence-electron chi connectivity index (χ0n) is 7.90. The third-order valence-electron chi connectivity index (χ3n) is 1.86. The highest BCUT2D eigenvalue weighted by atomic mass is 19.4. The van der Waals surface area contributed by atoms with E-state index in [1.54, 1.807) is 19.9 Å².